The number of nitrogens with zero attached hydrogens (tertiary/aromatic N) is 2. The molecule has 29 heavy (non-hydrogen) atoms. The van der Waals surface area contributed by atoms with E-state index < -0.39 is 22.8 Å². The number of H-pyrrole nitrogens is 1. The molecule has 3 N–H and O–H groups in total. The molecule has 0 aliphatic heterocycles. The van der Waals surface area contributed by atoms with Crippen molar-refractivity contribution in [2.24, 2.45) is 0 Å². The first-order valence-corrected chi connectivity index (χ1v) is 8.73. The van der Waals surface area contributed by atoms with Gasteiger partial charge in [0.2, 0.25) is 0 Å². The lowest BCUT2D eigenvalue weighted by molar-refractivity contribution is -0.384. The lowest BCUT2D eigenvalue weighted by Crippen LogP contribution is -2.39. The smallest absolute Gasteiger partial charge is 0.328 e. The van der Waals surface area contributed by atoms with Gasteiger partial charge in [-0.2, -0.15) is 5.10 Å². The highest BCUT2D eigenvalue weighted by atomic mass is 16.6. The molecule has 0 saturated carbocycles. The molecule has 3 aromatic rings. The minimum Gasteiger partial charge on any atom is -0.467 e. The van der Waals surface area contributed by atoms with Crippen LogP contribution in [0, 0.1) is 10.1 Å². The van der Waals surface area contributed by atoms with Crippen LogP contribution < -0.4 is 10.6 Å². The van der Waals surface area contributed by atoms with Gasteiger partial charge in [-0.3, -0.25) is 20.0 Å². The Bertz CT molecular complexity index is 1080. The summed E-state index contributed by atoms with van der Waals surface area (Å²) < 4.78 is 4.59. The number of ether oxygens (including phenoxy) is 1. The third kappa shape index (κ3) is 4.49. The summed E-state index contributed by atoms with van der Waals surface area (Å²) >= 11 is 0. The number of hydrogen-bond acceptors (Lipinski definition) is 7. The highest BCUT2D eigenvalue weighted by Crippen LogP contribution is 2.21. The van der Waals surface area contributed by atoms with Gasteiger partial charge >= 0.3 is 5.97 Å². The number of methoxy groups -OCH3 is 1. The summed E-state index contributed by atoms with van der Waals surface area (Å²) in [5.41, 5.74) is 2.33. The first kappa shape index (κ1) is 19.8. The normalized spacial score (nSPS) is 11.7. The number of nitro benzene ring substituents is 1. The van der Waals surface area contributed by atoms with Crippen LogP contribution in [0.2, 0.25) is 0 Å². The van der Waals surface area contributed by atoms with Crippen LogP contribution in [0.25, 0.3) is 10.9 Å². The average molecular weight is 397 g/mol. The summed E-state index contributed by atoms with van der Waals surface area (Å²) in [7, 11) is 1.25. The molecule has 0 saturated heterocycles. The van der Waals surface area contributed by atoms with Gasteiger partial charge in [0.05, 0.1) is 17.5 Å². The molecule has 10 nitrogen and oxygen atoms in total. The van der Waals surface area contributed by atoms with Gasteiger partial charge in [-0.15, -0.1) is 0 Å². The zero-order valence-corrected chi connectivity index (χ0v) is 15.8. The van der Waals surface area contributed by atoms with Crippen LogP contribution >= 0.6 is 0 Å². The summed E-state index contributed by atoms with van der Waals surface area (Å²) in [4.78, 5) is 34.3. The number of amides is 1. The van der Waals surface area contributed by atoms with Gasteiger partial charge in [0, 0.05) is 29.8 Å². The number of benzene rings is 2. The number of fused-ring (bicyclic) bond motifs is 1. The van der Waals surface area contributed by atoms with E-state index in [1.807, 2.05) is 0 Å². The summed E-state index contributed by atoms with van der Waals surface area (Å²) in [6.45, 7) is 1.92. The Balaban J connectivity index is 1.72. The number of carbonyl (C=O) groups excluding carboxylic acids is 2. The van der Waals surface area contributed by atoms with Crippen molar-refractivity contribution in [3.63, 3.8) is 0 Å². The Hall–Kier alpha value is -3.95. The Morgan fingerprint density at radius 1 is 1.28 bits per heavy atom. The third-order valence-electron chi connectivity index (χ3n) is 4.30. The monoisotopic (exact) mass is 397 g/mol. The maximum Gasteiger partial charge on any atom is 0.328 e. The van der Waals surface area contributed by atoms with Crippen molar-refractivity contribution in [3.8, 4) is 0 Å². The molecule has 1 aromatic heterocycles. The number of nitrogens with one attached hydrogen (secondary N) is 3. The maximum absolute atomic E-state index is 12.4. The van der Waals surface area contributed by atoms with Gasteiger partial charge in [0.15, 0.2) is 0 Å². The second-order valence-corrected chi connectivity index (χ2v) is 6.33. The molecule has 1 heterocycles. The Morgan fingerprint density at radius 2 is 2.07 bits per heavy atom. The van der Waals surface area contributed by atoms with Gasteiger partial charge in [-0.1, -0.05) is 12.1 Å². The molecule has 1 unspecified atom stereocenters. The van der Waals surface area contributed by atoms with Crippen molar-refractivity contribution < 1.29 is 19.2 Å². The number of anilines is 1. The molecular weight excluding hydrogens is 378 g/mol. The third-order valence-corrected chi connectivity index (χ3v) is 4.30. The number of aromatic nitrogens is 2. The van der Waals surface area contributed by atoms with Crippen LogP contribution in [0.4, 0.5) is 11.4 Å². The number of nitro groups is 1. The molecule has 0 aliphatic carbocycles. The predicted octanol–water partition coefficient (Wildman–Crippen LogP) is 2.37. The lowest BCUT2D eigenvalue weighted by Gasteiger charge is -2.10. The first-order valence-electron chi connectivity index (χ1n) is 8.73. The molecule has 3 rings (SSSR count). The standard InChI is InChI=1S/C19H19N5O5/c1-11(19(26)29-2)21-18(25)17-15-7-6-13(9-16(15)22-23-17)20-10-12-4-3-5-14(8-12)24(27)28/h3-9,11,20H,10H2,1-2H3,(H,21,25)(H,22,23). The summed E-state index contributed by atoms with van der Waals surface area (Å²) in [5, 5.41) is 24.0. The molecule has 0 radical (unpaired) electrons. The molecular formula is C19H19N5O5. The average Bonchev–Trinajstić information content (AvgIpc) is 3.15. The minimum absolute atomic E-state index is 0.0314. The lowest BCUT2D eigenvalue weighted by atomic mass is 10.1. The molecule has 2 aromatic carbocycles. The molecule has 1 amide bonds. The largest absolute Gasteiger partial charge is 0.467 e. The summed E-state index contributed by atoms with van der Waals surface area (Å²) in [6.07, 6.45) is 0. The molecule has 150 valence electrons. The van der Waals surface area contributed by atoms with Crippen LogP contribution in [0.15, 0.2) is 42.5 Å². The van der Waals surface area contributed by atoms with Gasteiger partial charge in [0.25, 0.3) is 11.6 Å². The number of non-ortho nitro benzene ring substituents is 1. The van der Waals surface area contributed by atoms with Crippen LogP contribution in [0.5, 0.6) is 0 Å². The fraction of sp³-hybridized carbons (Fsp3) is 0.211. The fourth-order valence-corrected chi connectivity index (χ4v) is 2.78. The maximum atomic E-state index is 12.4. The Morgan fingerprint density at radius 3 is 2.79 bits per heavy atom. The van der Waals surface area contributed by atoms with E-state index >= 15 is 0 Å². The zero-order valence-electron chi connectivity index (χ0n) is 15.8. The molecule has 0 aliphatic rings. The Kier molecular flexibility index (Phi) is 5.72. The number of rotatable bonds is 7. The summed E-state index contributed by atoms with van der Waals surface area (Å²) in [6, 6.07) is 10.8. The Labute approximate surface area is 165 Å². The van der Waals surface area contributed by atoms with Crippen LogP contribution in [0.1, 0.15) is 23.0 Å². The van der Waals surface area contributed by atoms with Gasteiger partial charge in [-0.25, -0.2) is 4.79 Å². The number of esters is 1. The highest BCUT2D eigenvalue weighted by molar-refractivity contribution is 6.06. The molecule has 0 spiro atoms. The predicted molar refractivity (Wildman–Crippen MR) is 105 cm³/mol. The number of hydrogen-bond donors (Lipinski definition) is 3. The molecule has 10 heteroatoms. The van der Waals surface area contributed by atoms with Gasteiger partial charge in [-0.05, 0) is 30.7 Å². The second kappa shape index (κ2) is 8.38. The van der Waals surface area contributed by atoms with Gasteiger partial charge in [0.1, 0.15) is 11.7 Å². The minimum atomic E-state index is -0.790. The first-order chi connectivity index (χ1) is 13.9. The fourth-order valence-electron chi connectivity index (χ4n) is 2.78. The van der Waals surface area contributed by atoms with Crippen molar-refractivity contribution in [2.45, 2.75) is 19.5 Å². The van der Waals surface area contributed by atoms with E-state index in [9.17, 15) is 19.7 Å². The van der Waals surface area contributed by atoms with E-state index in [0.29, 0.717) is 17.4 Å². The van der Waals surface area contributed by atoms with E-state index in [2.05, 4.69) is 25.6 Å². The highest BCUT2D eigenvalue weighted by Gasteiger charge is 2.20. The second-order valence-electron chi connectivity index (χ2n) is 6.33. The van der Waals surface area contributed by atoms with E-state index in [1.165, 1.54) is 26.2 Å². The van der Waals surface area contributed by atoms with E-state index in [4.69, 9.17) is 0 Å². The van der Waals surface area contributed by atoms with Crippen LogP contribution in [-0.2, 0) is 16.1 Å². The van der Waals surface area contributed by atoms with Crippen LogP contribution in [-0.4, -0.2) is 40.1 Å². The quantitative estimate of drug-likeness (QED) is 0.316. The number of carbonyl (C=O) groups is 2. The molecule has 0 fully saturated rings. The van der Waals surface area contributed by atoms with Crippen molar-refractivity contribution >= 4 is 34.2 Å². The van der Waals surface area contributed by atoms with Crippen LogP contribution in [0.3, 0.4) is 0 Å². The topological polar surface area (TPSA) is 139 Å². The van der Waals surface area contributed by atoms with Gasteiger partial charge < -0.3 is 15.4 Å². The zero-order chi connectivity index (χ0) is 21.0. The van der Waals surface area contributed by atoms with E-state index in [-0.39, 0.29) is 11.4 Å². The van der Waals surface area contributed by atoms with Crippen molar-refractivity contribution in [1.82, 2.24) is 15.5 Å². The molecule has 0 bridgehead atoms. The van der Waals surface area contributed by atoms with Crippen molar-refractivity contribution in [1.29, 1.82) is 0 Å². The van der Waals surface area contributed by atoms with E-state index in [0.717, 1.165) is 11.3 Å². The van der Waals surface area contributed by atoms with Crippen molar-refractivity contribution in [2.75, 3.05) is 12.4 Å². The molecule has 1 atom stereocenters. The SMILES string of the molecule is COC(=O)C(C)NC(=O)c1[nH]nc2cc(NCc3cccc([N+](=O)[O-])c3)ccc12. The van der Waals surface area contributed by atoms with E-state index in [1.54, 1.807) is 30.3 Å². The van der Waals surface area contributed by atoms with Crippen molar-refractivity contribution in [3.05, 3.63) is 63.8 Å². The number of aromatic amines is 1. The summed E-state index contributed by atoms with van der Waals surface area (Å²) in [5.74, 6) is -1.02.